The molecule has 0 bridgehead atoms. The lowest BCUT2D eigenvalue weighted by atomic mass is 10.1. The number of piperidine rings is 1. The van der Waals surface area contributed by atoms with Gasteiger partial charge in [-0.2, -0.15) is 0 Å². The van der Waals surface area contributed by atoms with E-state index in [1.807, 2.05) is 25.4 Å². The van der Waals surface area contributed by atoms with Crippen molar-refractivity contribution in [2.75, 3.05) is 31.6 Å². The zero-order chi connectivity index (χ0) is 18.2. The van der Waals surface area contributed by atoms with Crippen LogP contribution in [0.25, 0.3) is 0 Å². The van der Waals surface area contributed by atoms with Crippen LogP contribution in [0.3, 0.4) is 0 Å². The zero-order valence-corrected chi connectivity index (χ0v) is 18.5. The summed E-state index contributed by atoms with van der Waals surface area (Å²) in [6.07, 6.45) is 5.04. The minimum atomic E-state index is 0. The number of aliphatic imine (C=N–C) groups is 1. The van der Waals surface area contributed by atoms with Gasteiger partial charge in [-0.15, -0.1) is 24.0 Å². The van der Waals surface area contributed by atoms with E-state index in [0.717, 1.165) is 50.7 Å². The number of hydrogen-bond acceptors (Lipinski definition) is 3. The first kappa shape index (κ1) is 21.5. The Kier molecular flexibility index (Phi) is 8.84. The molecular formula is C21H30IN5. The van der Waals surface area contributed by atoms with Crippen molar-refractivity contribution in [2.45, 2.75) is 32.2 Å². The lowest BCUT2D eigenvalue weighted by molar-refractivity contribution is 0.459. The van der Waals surface area contributed by atoms with E-state index >= 15 is 0 Å². The zero-order valence-electron chi connectivity index (χ0n) is 16.2. The van der Waals surface area contributed by atoms with Crippen molar-refractivity contribution in [3.63, 3.8) is 0 Å². The first-order valence-electron chi connectivity index (χ1n) is 9.43. The third-order valence-electron chi connectivity index (χ3n) is 4.86. The molecule has 0 aliphatic carbocycles. The molecule has 1 saturated heterocycles. The molecule has 1 aliphatic heterocycles. The van der Waals surface area contributed by atoms with Gasteiger partial charge in [0.1, 0.15) is 5.82 Å². The molecular weight excluding hydrogens is 449 g/mol. The summed E-state index contributed by atoms with van der Waals surface area (Å²) in [6.45, 7) is 5.05. The molecule has 1 aromatic heterocycles. The number of halogens is 1. The molecule has 0 radical (unpaired) electrons. The third kappa shape index (κ3) is 6.68. The second-order valence-corrected chi connectivity index (χ2v) is 6.83. The van der Waals surface area contributed by atoms with Gasteiger partial charge >= 0.3 is 0 Å². The Labute approximate surface area is 179 Å². The van der Waals surface area contributed by atoms with Gasteiger partial charge in [0.05, 0.1) is 0 Å². The second kappa shape index (κ2) is 11.1. The van der Waals surface area contributed by atoms with E-state index in [1.165, 1.54) is 11.1 Å². The summed E-state index contributed by atoms with van der Waals surface area (Å²) in [5, 5.41) is 7.00. The normalized spacial score (nSPS) is 15.2. The van der Waals surface area contributed by atoms with Crippen molar-refractivity contribution in [2.24, 2.45) is 4.99 Å². The molecule has 0 atom stereocenters. The fourth-order valence-corrected chi connectivity index (χ4v) is 3.26. The average Bonchev–Trinajstić information content (AvgIpc) is 2.70. The maximum atomic E-state index is 4.45. The lowest BCUT2D eigenvalue weighted by Gasteiger charge is -2.33. The van der Waals surface area contributed by atoms with Crippen LogP contribution in [0.2, 0.25) is 0 Å². The highest BCUT2D eigenvalue weighted by Gasteiger charge is 2.20. The first-order chi connectivity index (χ1) is 12.7. The quantitative estimate of drug-likeness (QED) is 0.392. The number of aryl methyl sites for hydroxylation is 1. The fraction of sp³-hybridized carbons (Fsp3) is 0.429. The summed E-state index contributed by atoms with van der Waals surface area (Å²) >= 11 is 0. The van der Waals surface area contributed by atoms with Crippen LogP contribution in [0, 0.1) is 6.92 Å². The molecule has 27 heavy (non-hydrogen) atoms. The molecule has 146 valence electrons. The van der Waals surface area contributed by atoms with Crippen LogP contribution in [-0.4, -0.2) is 43.7 Å². The number of aromatic nitrogens is 1. The summed E-state index contributed by atoms with van der Waals surface area (Å²) in [5.74, 6) is 1.97. The van der Waals surface area contributed by atoms with Crippen molar-refractivity contribution < 1.29 is 0 Å². The minimum absolute atomic E-state index is 0. The van der Waals surface area contributed by atoms with Crippen molar-refractivity contribution in [3.8, 4) is 0 Å². The number of hydrogen-bond donors (Lipinski definition) is 2. The highest BCUT2D eigenvalue weighted by molar-refractivity contribution is 14.0. The molecule has 3 rings (SSSR count). The highest BCUT2D eigenvalue weighted by atomic mass is 127. The van der Waals surface area contributed by atoms with Gasteiger partial charge in [-0.25, -0.2) is 4.98 Å². The molecule has 2 N–H and O–H groups in total. The van der Waals surface area contributed by atoms with Crippen LogP contribution in [-0.2, 0) is 6.42 Å². The predicted molar refractivity (Wildman–Crippen MR) is 124 cm³/mol. The monoisotopic (exact) mass is 479 g/mol. The predicted octanol–water partition coefficient (Wildman–Crippen LogP) is 3.38. The fourth-order valence-electron chi connectivity index (χ4n) is 3.26. The molecule has 0 unspecified atom stereocenters. The van der Waals surface area contributed by atoms with Gasteiger partial charge < -0.3 is 15.5 Å². The van der Waals surface area contributed by atoms with Crippen LogP contribution in [0.15, 0.2) is 53.7 Å². The molecule has 0 saturated carbocycles. The number of nitrogens with one attached hydrogen (secondary N) is 2. The number of guanidine groups is 1. The molecule has 5 nitrogen and oxygen atoms in total. The van der Waals surface area contributed by atoms with Crippen molar-refractivity contribution in [1.82, 2.24) is 15.6 Å². The second-order valence-electron chi connectivity index (χ2n) is 6.83. The molecule has 0 amide bonds. The Morgan fingerprint density at radius 1 is 1.15 bits per heavy atom. The summed E-state index contributed by atoms with van der Waals surface area (Å²) < 4.78 is 0. The number of pyridine rings is 1. The Morgan fingerprint density at radius 2 is 1.89 bits per heavy atom. The topological polar surface area (TPSA) is 52.6 Å². The SMILES string of the molecule is CN=C(NCCc1ccc(C)cc1)NC1CCN(c2ccccn2)CC1.I. The van der Waals surface area contributed by atoms with Crippen LogP contribution < -0.4 is 15.5 Å². The van der Waals surface area contributed by atoms with Gasteiger partial charge in [-0.3, -0.25) is 4.99 Å². The van der Waals surface area contributed by atoms with Gasteiger partial charge in [0, 0.05) is 38.9 Å². The van der Waals surface area contributed by atoms with E-state index < -0.39 is 0 Å². The van der Waals surface area contributed by atoms with Gasteiger partial charge in [0.25, 0.3) is 0 Å². The first-order valence-corrected chi connectivity index (χ1v) is 9.43. The standard InChI is InChI=1S/C21H29N5.HI/c1-17-6-8-18(9-7-17)10-14-24-21(22-2)25-19-11-15-26(16-12-19)20-5-3-4-13-23-20;/h3-9,13,19H,10-12,14-16H2,1-2H3,(H2,22,24,25);1H. The molecule has 1 aliphatic rings. The summed E-state index contributed by atoms with van der Waals surface area (Å²) in [5.41, 5.74) is 2.65. The van der Waals surface area contributed by atoms with Crippen molar-refractivity contribution in [3.05, 3.63) is 59.8 Å². The summed E-state index contributed by atoms with van der Waals surface area (Å²) in [4.78, 5) is 11.2. The van der Waals surface area contributed by atoms with E-state index in [2.05, 4.69) is 62.8 Å². The van der Waals surface area contributed by atoms with E-state index in [4.69, 9.17) is 0 Å². The maximum absolute atomic E-state index is 4.45. The highest BCUT2D eigenvalue weighted by Crippen LogP contribution is 2.17. The van der Waals surface area contributed by atoms with Crippen LogP contribution in [0.1, 0.15) is 24.0 Å². The Morgan fingerprint density at radius 3 is 2.52 bits per heavy atom. The van der Waals surface area contributed by atoms with Gasteiger partial charge in [-0.1, -0.05) is 35.9 Å². The molecule has 1 fully saturated rings. The van der Waals surface area contributed by atoms with Crippen LogP contribution in [0.4, 0.5) is 5.82 Å². The van der Waals surface area contributed by atoms with E-state index in [-0.39, 0.29) is 24.0 Å². The van der Waals surface area contributed by atoms with Crippen LogP contribution >= 0.6 is 24.0 Å². The molecule has 1 aromatic carbocycles. The van der Waals surface area contributed by atoms with Gasteiger partial charge in [-0.05, 0) is 43.9 Å². The molecule has 6 heteroatoms. The number of rotatable bonds is 5. The molecule has 2 aromatic rings. The maximum Gasteiger partial charge on any atom is 0.191 e. The minimum Gasteiger partial charge on any atom is -0.356 e. The Balaban J connectivity index is 0.00000261. The number of anilines is 1. The van der Waals surface area contributed by atoms with Crippen molar-refractivity contribution in [1.29, 1.82) is 0 Å². The van der Waals surface area contributed by atoms with Gasteiger partial charge in [0.2, 0.25) is 0 Å². The number of nitrogens with zero attached hydrogens (tertiary/aromatic N) is 3. The third-order valence-corrected chi connectivity index (χ3v) is 4.86. The Hall–Kier alpha value is -1.83. The molecule has 0 spiro atoms. The Bertz CT molecular complexity index is 694. The largest absolute Gasteiger partial charge is 0.356 e. The van der Waals surface area contributed by atoms with E-state index in [9.17, 15) is 0 Å². The van der Waals surface area contributed by atoms with E-state index in [1.54, 1.807) is 0 Å². The lowest BCUT2D eigenvalue weighted by Crippen LogP contribution is -2.49. The summed E-state index contributed by atoms with van der Waals surface area (Å²) in [7, 11) is 1.84. The summed E-state index contributed by atoms with van der Waals surface area (Å²) in [6, 6.07) is 15.3. The van der Waals surface area contributed by atoms with Crippen LogP contribution in [0.5, 0.6) is 0 Å². The van der Waals surface area contributed by atoms with Crippen molar-refractivity contribution >= 4 is 35.8 Å². The smallest absolute Gasteiger partial charge is 0.191 e. The van der Waals surface area contributed by atoms with Gasteiger partial charge in [0.15, 0.2) is 5.96 Å². The van der Waals surface area contributed by atoms with E-state index in [0.29, 0.717) is 6.04 Å². The average molecular weight is 479 g/mol. The number of benzene rings is 1. The molecule has 2 heterocycles.